The van der Waals surface area contributed by atoms with E-state index < -0.39 is 11.9 Å². The summed E-state index contributed by atoms with van der Waals surface area (Å²) in [6.07, 6.45) is 19.3. The largest absolute Gasteiger partial charge is 0.493 e. The first kappa shape index (κ1) is 44.4. The van der Waals surface area contributed by atoms with Crippen LogP contribution in [0.4, 0.5) is 0 Å². The quantitative estimate of drug-likeness (QED) is 0.0544. The number of aromatic carboxylic acids is 2. The van der Waals surface area contributed by atoms with Crippen LogP contribution in [0.15, 0.2) is 72.8 Å². The van der Waals surface area contributed by atoms with Crippen LogP contribution >= 0.6 is 0 Å². The molecule has 0 aliphatic carbocycles. The van der Waals surface area contributed by atoms with Crippen molar-refractivity contribution in [3.8, 4) is 34.5 Å². The fourth-order valence-electron chi connectivity index (χ4n) is 7.24. The zero-order chi connectivity index (χ0) is 38.8. The first-order valence-electron chi connectivity index (χ1n) is 20.5. The van der Waals surface area contributed by atoms with E-state index >= 15 is 0 Å². The van der Waals surface area contributed by atoms with Crippen LogP contribution in [0.2, 0.25) is 0 Å². The summed E-state index contributed by atoms with van der Waals surface area (Å²) in [6, 6.07) is 22.6. The summed E-state index contributed by atoms with van der Waals surface area (Å²) in [4.78, 5) is 23.8. The standard InChI is InChI=1S/C24H30O4.C23H28O4.Mo/c1-2-3-4-5-6-7-8-11-16-27-22-15-14-21-19(23(22)24(25)26)17-18-12-9-10-13-20(18)28-21;1-2-3-4-5-6-7-10-15-26-21-14-13-20-18(22(21)23(24)25)16-17-11-8-9-12-19(17)27-20;/h9-10,12-15H,2-8,11,16-17H2,1H3,(H,25,26);8-9,11-14H,2-7,10,15-16H2,1H3,(H,24,25);. The maximum absolute atomic E-state index is 11.9. The molecule has 0 spiro atoms. The minimum absolute atomic E-state index is 0. The van der Waals surface area contributed by atoms with Crippen LogP contribution in [0.1, 0.15) is 153 Å². The van der Waals surface area contributed by atoms with Gasteiger partial charge in [-0.3, -0.25) is 0 Å². The van der Waals surface area contributed by atoms with Crippen LogP contribution in [0, 0.1) is 0 Å². The van der Waals surface area contributed by atoms with E-state index in [1.165, 1.54) is 70.6 Å². The fraction of sp³-hybridized carbons (Fsp3) is 0.447. The van der Waals surface area contributed by atoms with Crippen molar-refractivity contribution >= 4 is 11.9 Å². The van der Waals surface area contributed by atoms with Crippen molar-refractivity contribution in [2.45, 2.75) is 123 Å². The second kappa shape index (κ2) is 23.7. The third kappa shape index (κ3) is 12.6. The first-order valence-corrected chi connectivity index (χ1v) is 20.5. The van der Waals surface area contributed by atoms with E-state index in [1.54, 1.807) is 12.1 Å². The monoisotopic (exact) mass is 848 g/mol. The number of hydrogen-bond donors (Lipinski definition) is 2. The molecule has 0 bridgehead atoms. The van der Waals surface area contributed by atoms with E-state index in [9.17, 15) is 19.8 Å². The Kier molecular flexibility index (Phi) is 18.8. The Labute approximate surface area is 347 Å². The SMILES string of the molecule is CCCCCCCCCCOc1ccc2c(c1C(=O)O)Cc1ccccc1O2.CCCCCCCCCOc1ccc2c(c1C(=O)O)Cc1ccccc1O2.[Mo]. The molecule has 0 unspecified atom stereocenters. The number of carboxylic acids is 2. The summed E-state index contributed by atoms with van der Waals surface area (Å²) in [6.45, 7) is 5.54. The van der Waals surface area contributed by atoms with Gasteiger partial charge in [0.05, 0.1) is 13.2 Å². The van der Waals surface area contributed by atoms with E-state index in [0.717, 1.165) is 48.3 Å². The van der Waals surface area contributed by atoms with E-state index in [0.29, 0.717) is 60.2 Å². The molecule has 0 saturated heterocycles. The van der Waals surface area contributed by atoms with Gasteiger partial charge in [0, 0.05) is 45.0 Å². The number of carboxylic acid groups (broad SMARTS) is 2. The third-order valence-electron chi connectivity index (χ3n) is 10.3. The molecule has 0 amide bonds. The van der Waals surface area contributed by atoms with E-state index in [4.69, 9.17) is 18.9 Å². The van der Waals surface area contributed by atoms with Crippen molar-refractivity contribution in [1.29, 1.82) is 0 Å². The maximum Gasteiger partial charge on any atom is 0.339 e. The second-order valence-electron chi connectivity index (χ2n) is 14.5. The van der Waals surface area contributed by atoms with Crippen molar-refractivity contribution in [3.05, 3.63) is 106 Å². The Morgan fingerprint density at radius 2 is 0.857 bits per heavy atom. The van der Waals surface area contributed by atoms with Crippen LogP contribution < -0.4 is 18.9 Å². The van der Waals surface area contributed by atoms with Gasteiger partial charge >= 0.3 is 11.9 Å². The molecule has 56 heavy (non-hydrogen) atoms. The van der Waals surface area contributed by atoms with Crippen LogP contribution in [-0.2, 0) is 33.9 Å². The van der Waals surface area contributed by atoms with Crippen LogP contribution in [0.3, 0.4) is 0 Å². The Hall–Kier alpha value is -4.29. The topological polar surface area (TPSA) is 112 Å². The molecule has 0 atom stereocenters. The van der Waals surface area contributed by atoms with Gasteiger partial charge in [-0.05, 0) is 60.4 Å². The van der Waals surface area contributed by atoms with Gasteiger partial charge in [0.15, 0.2) is 0 Å². The molecule has 300 valence electrons. The van der Waals surface area contributed by atoms with Crippen molar-refractivity contribution in [2.75, 3.05) is 13.2 Å². The smallest absolute Gasteiger partial charge is 0.339 e. The minimum Gasteiger partial charge on any atom is -0.493 e. The molecule has 2 heterocycles. The van der Waals surface area contributed by atoms with Gasteiger partial charge in [0.1, 0.15) is 45.6 Å². The van der Waals surface area contributed by atoms with E-state index in [1.807, 2.05) is 60.7 Å². The van der Waals surface area contributed by atoms with E-state index in [2.05, 4.69) is 13.8 Å². The van der Waals surface area contributed by atoms with Gasteiger partial charge in [-0.1, -0.05) is 134 Å². The van der Waals surface area contributed by atoms with Gasteiger partial charge in [-0.15, -0.1) is 0 Å². The molecule has 2 N–H and O–H groups in total. The molecule has 0 radical (unpaired) electrons. The van der Waals surface area contributed by atoms with Crippen molar-refractivity contribution in [2.24, 2.45) is 0 Å². The summed E-state index contributed by atoms with van der Waals surface area (Å²) in [5.74, 6) is 1.74. The average molecular weight is 847 g/mol. The van der Waals surface area contributed by atoms with Gasteiger partial charge in [0.2, 0.25) is 0 Å². The predicted octanol–water partition coefficient (Wildman–Crippen LogP) is 12.8. The van der Waals surface area contributed by atoms with E-state index in [-0.39, 0.29) is 32.2 Å². The Morgan fingerprint density at radius 1 is 0.500 bits per heavy atom. The van der Waals surface area contributed by atoms with Crippen molar-refractivity contribution in [3.63, 3.8) is 0 Å². The molecule has 2 aliphatic rings. The summed E-state index contributed by atoms with van der Waals surface area (Å²) in [5.41, 5.74) is 3.84. The van der Waals surface area contributed by atoms with Crippen molar-refractivity contribution < 1.29 is 59.8 Å². The van der Waals surface area contributed by atoms with Gasteiger partial charge in [-0.25, -0.2) is 9.59 Å². The summed E-state index contributed by atoms with van der Waals surface area (Å²) < 4.78 is 23.5. The fourth-order valence-corrected chi connectivity index (χ4v) is 7.24. The number of fused-ring (bicyclic) bond motifs is 4. The number of ether oxygens (including phenoxy) is 4. The number of hydrogen-bond acceptors (Lipinski definition) is 6. The molecule has 4 aromatic rings. The Morgan fingerprint density at radius 3 is 1.23 bits per heavy atom. The average Bonchev–Trinajstić information content (AvgIpc) is 3.19. The number of benzene rings is 4. The molecule has 6 rings (SSSR count). The zero-order valence-electron chi connectivity index (χ0n) is 33.1. The molecular weight excluding hydrogens is 788 g/mol. The van der Waals surface area contributed by atoms with Crippen LogP contribution in [0.25, 0.3) is 0 Å². The van der Waals surface area contributed by atoms with Gasteiger partial charge in [-0.2, -0.15) is 0 Å². The molecular formula is C47H58MoO8. The number of unbranched alkanes of at least 4 members (excludes halogenated alkanes) is 13. The zero-order valence-corrected chi connectivity index (χ0v) is 35.1. The van der Waals surface area contributed by atoms with Gasteiger partial charge < -0.3 is 29.2 Å². The summed E-state index contributed by atoms with van der Waals surface area (Å²) in [5, 5.41) is 19.5. The molecule has 2 aliphatic heterocycles. The Balaban J connectivity index is 0.000000244. The molecule has 4 aromatic carbocycles. The minimum atomic E-state index is -0.968. The normalized spacial score (nSPS) is 11.8. The number of para-hydroxylation sites is 2. The number of carbonyl (C=O) groups is 2. The van der Waals surface area contributed by atoms with Gasteiger partial charge in [0.25, 0.3) is 0 Å². The maximum atomic E-state index is 11.9. The predicted molar refractivity (Wildman–Crippen MR) is 217 cm³/mol. The second-order valence-corrected chi connectivity index (χ2v) is 14.5. The van der Waals surface area contributed by atoms with Crippen LogP contribution in [-0.4, -0.2) is 35.4 Å². The Bertz CT molecular complexity index is 1850. The molecule has 8 nitrogen and oxygen atoms in total. The number of rotatable bonds is 21. The molecule has 0 saturated carbocycles. The molecule has 0 aromatic heterocycles. The summed E-state index contributed by atoms with van der Waals surface area (Å²) >= 11 is 0. The first-order chi connectivity index (χ1) is 26.9. The third-order valence-corrected chi connectivity index (χ3v) is 10.3. The molecule has 9 heteroatoms. The summed E-state index contributed by atoms with van der Waals surface area (Å²) in [7, 11) is 0. The van der Waals surface area contributed by atoms with Crippen molar-refractivity contribution in [1.82, 2.24) is 0 Å². The van der Waals surface area contributed by atoms with Crippen LogP contribution in [0.5, 0.6) is 34.5 Å². The molecule has 0 fully saturated rings.